The van der Waals surface area contributed by atoms with Gasteiger partial charge >= 0.3 is 0 Å². The van der Waals surface area contributed by atoms with Gasteiger partial charge in [-0.3, -0.25) is 4.79 Å². The standard InChI is InChI=1S/C16H15N3O4S2/c1-17-25(21,22)12-6-4-11(5-7-12)9-18-15(20)13-10-24-16(19-13)14-3-2-8-23-14/h2-8,10,17H,9H2,1H3,(H,18,20). The van der Waals surface area contributed by atoms with Gasteiger partial charge in [0.05, 0.1) is 11.2 Å². The van der Waals surface area contributed by atoms with Gasteiger partial charge in [-0.05, 0) is 36.9 Å². The summed E-state index contributed by atoms with van der Waals surface area (Å²) >= 11 is 1.33. The average molecular weight is 377 g/mol. The predicted molar refractivity (Wildman–Crippen MR) is 93.7 cm³/mol. The second-order valence-corrected chi connectivity index (χ2v) is 7.79. The number of aromatic nitrogens is 1. The first-order valence-corrected chi connectivity index (χ1v) is 9.66. The van der Waals surface area contributed by atoms with Crippen LogP contribution in [0.3, 0.4) is 0 Å². The number of hydrogen-bond acceptors (Lipinski definition) is 6. The number of furan rings is 1. The van der Waals surface area contributed by atoms with Crippen LogP contribution in [0.5, 0.6) is 0 Å². The Morgan fingerprint density at radius 1 is 1.24 bits per heavy atom. The molecule has 3 aromatic rings. The Morgan fingerprint density at radius 2 is 2.00 bits per heavy atom. The number of hydrogen-bond donors (Lipinski definition) is 2. The quantitative estimate of drug-likeness (QED) is 0.686. The van der Waals surface area contributed by atoms with Gasteiger partial charge in [0.2, 0.25) is 10.0 Å². The van der Waals surface area contributed by atoms with Gasteiger partial charge in [-0.25, -0.2) is 18.1 Å². The van der Waals surface area contributed by atoms with Crippen molar-refractivity contribution < 1.29 is 17.6 Å². The Hall–Kier alpha value is -2.49. The van der Waals surface area contributed by atoms with Crippen LogP contribution in [0.4, 0.5) is 0 Å². The number of nitrogens with one attached hydrogen (secondary N) is 2. The summed E-state index contributed by atoms with van der Waals surface area (Å²) in [5.74, 6) is 0.311. The zero-order valence-corrected chi connectivity index (χ0v) is 14.9. The van der Waals surface area contributed by atoms with Crippen molar-refractivity contribution >= 4 is 27.3 Å². The van der Waals surface area contributed by atoms with E-state index in [9.17, 15) is 13.2 Å². The van der Waals surface area contributed by atoms with Gasteiger partial charge in [0, 0.05) is 11.9 Å². The molecule has 2 N–H and O–H groups in total. The number of thiazole rings is 1. The minimum absolute atomic E-state index is 0.174. The molecule has 1 aromatic carbocycles. The molecule has 7 nitrogen and oxygen atoms in total. The van der Waals surface area contributed by atoms with Gasteiger partial charge in [-0.15, -0.1) is 11.3 Å². The van der Waals surface area contributed by atoms with Gasteiger partial charge in [-0.2, -0.15) is 0 Å². The third-order valence-corrected chi connectivity index (χ3v) is 5.71. The lowest BCUT2D eigenvalue weighted by atomic mass is 10.2. The molecule has 0 aliphatic carbocycles. The summed E-state index contributed by atoms with van der Waals surface area (Å²) in [4.78, 5) is 16.6. The summed E-state index contributed by atoms with van der Waals surface area (Å²) in [5.41, 5.74) is 1.09. The van der Waals surface area contributed by atoms with Gasteiger partial charge in [-0.1, -0.05) is 12.1 Å². The van der Waals surface area contributed by atoms with E-state index in [0.717, 1.165) is 5.56 Å². The molecule has 0 aliphatic heterocycles. The van der Waals surface area contributed by atoms with Crippen LogP contribution in [0.15, 0.2) is 57.4 Å². The molecular weight excluding hydrogens is 362 g/mol. The molecule has 25 heavy (non-hydrogen) atoms. The van der Waals surface area contributed by atoms with Crippen LogP contribution in [0.1, 0.15) is 16.1 Å². The molecule has 0 aliphatic rings. The van der Waals surface area contributed by atoms with Crippen LogP contribution in [0, 0.1) is 0 Å². The molecule has 2 heterocycles. The van der Waals surface area contributed by atoms with Crippen molar-refractivity contribution in [3.8, 4) is 10.8 Å². The molecule has 1 amide bonds. The fraction of sp³-hybridized carbons (Fsp3) is 0.125. The van der Waals surface area contributed by atoms with Crippen molar-refractivity contribution in [3.05, 3.63) is 59.3 Å². The SMILES string of the molecule is CNS(=O)(=O)c1ccc(CNC(=O)c2csc(-c3ccco3)n2)cc1. The number of nitrogens with zero attached hydrogens (tertiary/aromatic N) is 1. The molecule has 0 radical (unpaired) electrons. The first kappa shape index (κ1) is 17.3. The fourth-order valence-electron chi connectivity index (χ4n) is 2.07. The lowest BCUT2D eigenvalue weighted by Gasteiger charge is -2.06. The van der Waals surface area contributed by atoms with E-state index in [4.69, 9.17) is 4.42 Å². The predicted octanol–water partition coefficient (Wildman–Crippen LogP) is 2.24. The molecule has 0 bridgehead atoms. The number of sulfonamides is 1. The van der Waals surface area contributed by atoms with E-state index in [1.54, 1.807) is 35.9 Å². The van der Waals surface area contributed by atoms with E-state index >= 15 is 0 Å². The lowest BCUT2D eigenvalue weighted by molar-refractivity contribution is 0.0946. The topological polar surface area (TPSA) is 101 Å². The van der Waals surface area contributed by atoms with E-state index in [-0.39, 0.29) is 17.3 Å². The molecule has 0 unspecified atom stereocenters. The molecule has 130 valence electrons. The zero-order chi connectivity index (χ0) is 17.9. The number of carbonyl (C=O) groups is 1. The molecule has 0 fully saturated rings. The summed E-state index contributed by atoms with van der Waals surface area (Å²) in [6, 6.07) is 9.83. The highest BCUT2D eigenvalue weighted by Crippen LogP contribution is 2.23. The highest BCUT2D eigenvalue weighted by atomic mass is 32.2. The van der Waals surface area contributed by atoms with Crippen LogP contribution in [0.25, 0.3) is 10.8 Å². The maximum atomic E-state index is 12.2. The molecular formula is C16H15N3O4S2. The van der Waals surface area contributed by atoms with Crippen LogP contribution in [0.2, 0.25) is 0 Å². The van der Waals surface area contributed by atoms with Crippen molar-refractivity contribution in [2.24, 2.45) is 0 Å². The first-order valence-electron chi connectivity index (χ1n) is 7.30. The van der Waals surface area contributed by atoms with Gasteiger partial charge in [0.15, 0.2) is 10.8 Å². The summed E-state index contributed by atoms with van der Waals surface area (Å²) < 4.78 is 30.8. The van der Waals surface area contributed by atoms with Crippen molar-refractivity contribution in [1.82, 2.24) is 15.0 Å². The van der Waals surface area contributed by atoms with Crippen molar-refractivity contribution in [2.75, 3.05) is 7.05 Å². The number of rotatable bonds is 6. The molecule has 0 saturated heterocycles. The Morgan fingerprint density at radius 3 is 2.64 bits per heavy atom. The van der Waals surface area contributed by atoms with E-state index in [1.165, 1.54) is 30.5 Å². The molecule has 0 atom stereocenters. The first-order chi connectivity index (χ1) is 12.0. The summed E-state index contributed by atoms with van der Waals surface area (Å²) in [5, 5.41) is 5.05. The van der Waals surface area contributed by atoms with Crippen LogP contribution in [-0.4, -0.2) is 26.4 Å². The van der Waals surface area contributed by atoms with Crippen molar-refractivity contribution in [3.63, 3.8) is 0 Å². The Bertz CT molecular complexity index is 961. The smallest absolute Gasteiger partial charge is 0.271 e. The van der Waals surface area contributed by atoms with Gasteiger partial charge in [0.1, 0.15) is 5.69 Å². The third-order valence-electron chi connectivity index (χ3n) is 3.42. The largest absolute Gasteiger partial charge is 0.462 e. The maximum Gasteiger partial charge on any atom is 0.271 e. The monoisotopic (exact) mass is 377 g/mol. The summed E-state index contributed by atoms with van der Waals surface area (Å²) in [6.45, 7) is 0.270. The van der Waals surface area contributed by atoms with Crippen molar-refractivity contribution in [1.29, 1.82) is 0 Å². The second-order valence-electron chi connectivity index (χ2n) is 5.05. The van der Waals surface area contributed by atoms with Gasteiger partial charge < -0.3 is 9.73 Å². The van der Waals surface area contributed by atoms with E-state index in [1.807, 2.05) is 0 Å². The molecule has 0 saturated carbocycles. The lowest BCUT2D eigenvalue weighted by Crippen LogP contribution is -2.23. The fourth-order valence-corrected chi connectivity index (χ4v) is 3.57. The number of amides is 1. The molecule has 9 heteroatoms. The minimum atomic E-state index is -3.46. The van der Waals surface area contributed by atoms with E-state index in [2.05, 4.69) is 15.0 Å². The zero-order valence-electron chi connectivity index (χ0n) is 13.2. The normalized spacial score (nSPS) is 11.4. The highest BCUT2D eigenvalue weighted by molar-refractivity contribution is 7.89. The Labute approximate surface area is 148 Å². The average Bonchev–Trinajstić information content (AvgIpc) is 3.31. The second kappa shape index (κ2) is 7.18. The Balaban J connectivity index is 1.63. The molecule has 2 aromatic heterocycles. The van der Waals surface area contributed by atoms with E-state index in [0.29, 0.717) is 16.5 Å². The number of carbonyl (C=O) groups excluding carboxylic acids is 1. The van der Waals surface area contributed by atoms with Crippen LogP contribution < -0.4 is 10.0 Å². The van der Waals surface area contributed by atoms with E-state index < -0.39 is 10.0 Å². The highest BCUT2D eigenvalue weighted by Gasteiger charge is 2.14. The Kier molecular flexibility index (Phi) is 4.98. The van der Waals surface area contributed by atoms with Crippen LogP contribution >= 0.6 is 11.3 Å². The van der Waals surface area contributed by atoms with Gasteiger partial charge in [0.25, 0.3) is 5.91 Å². The summed E-state index contributed by atoms with van der Waals surface area (Å²) in [6.07, 6.45) is 1.55. The number of benzene rings is 1. The van der Waals surface area contributed by atoms with Crippen molar-refractivity contribution in [2.45, 2.75) is 11.4 Å². The minimum Gasteiger partial charge on any atom is -0.462 e. The maximum absolute atomic E-state index is 12.2. The third kappa shape index (κ3) is 3.95. The summed E-state index contributed by atoms with van der Waals surface area (Å²) in [7, 11) is -2.11. The van der Waals surface area contributed by atoms with Crippen LogP contribution in [-0.2, 0) is 16.6 Å². The molecule has 0 spiro atoms. The molecule has 3 rings (SSSR count).